The molecule has 182 valence electrons. The van der Waals surface area contributed by atoms with Gasteiger partial charge in [-0.25, -0.2) is 9.53 Å². The second kappa shape index (κ2) is 8.90. The molecule has 0 amide bonds. The third-order valence-electron chi connectivity index (χ3n) is 8.05. The molecule has 0 aliphatic heterocycles. The molecule has 3 atom stereocenters. The minimum Gasteiger partial charge on any atom is -0.339 e. The summed E-state index contributed by atoms with van der Waals surface area (Å²) in [7, 11) is 0. The van der Waals surface area contributed by atoms with Crippen molar-refractivity contribution < 1.29 is 4.79 Å². The Bertz CT molecular complexity index is 1540. The summed E-state index contributed by atoms with van der Waals surface area (Å²) in [4.78, 5) is 16.5. The van der Waals surface area contributed by atoms with Crippen LogP contribution in [0.4, 0.5) is 11.5 Å². The summed E-state index contributed by atoms with van der Waals surface area (Å²) in [6.45, 7) is 11.8. The lowest BCUT2D eigenvalue weighted by molar-refractivity contribution is -0.121. The zero-order valence-corrected chi connectivity index (χ0v) is 21.0. The number of para-hydroxylation sites is 1. The van der Waals surface area contributed by atoms with Crippen LogP contribution in [-0.4, -0.2) is 15.6 Å². The number of carbonyl (C=O) groups excluding carboxylic acids is 1. The quantitative estimate of drug-likeness (QED) is 0.314. The van der Waals surface area contributed by atoms with Gasteiger partial charge < -0.3 is 10.1 Å². The van der Waals surface area contributed by atoms with Gasteiger partial charge in [0.15, 0.2) is 11.6 Å². The lowest BCUT2D eigenvalue weighted by Gasteiger charge is -2.45. The van der Waals surface area contributed by atoms with Crippen molar-refractivity contribution in [2.45, 2.75) is 32.1 Å². The van der Waals surface area contributed by atoms with E-state index in [0.29, 0.717) is 0 Å². The van der Waals surface area contributed by atoms with E-state index < -0.39 is 5.41 Å². The summed E-state index contributed by atoms with van der Waals surface area (Å²) in [5.74, 6) is 0.695. The number of nitrogens with zero attached hydrogens (tertiary/aromatic N) is 3. The topological polar surface area (TPSA) is 51.3 Å². The summed E-state index contributed by atoms with van der Waals surface area (Å²) in [6, 6.07) is 28.8. The standard InChI is InChI=1S/C32H28N4O/c1-21-27-19-18-26-30(32(27,2)20-28(33-3)29(21)37)36(35-31(26)34-24-12-8-5-9-13-24)25-16-14-23(15-17-25)22-10-6-4-7-11-22/h4-17,20-21,27H,18-19H2,1-2H3,(H,34,35)/t21-,27-,32-/m1/s1. The molecular weight excluding hydrogens is 456 g/mol. The molecule has 2 aliphatic carbocycles. The van der Waals surface area contributed by atoms with Crippen LogP contribution in [0, 0.1) is 18.4 Å². The van der Waals surface area contributed by atoms with E-state index in [2.05, 4.69) is 53.5 Å². The molecular formula is C32H28N4O. The molecule has 0 saturated heterocycles. The summed E-state index contributed by atoms with van der Waals surface area (Å²) in [5.41, 5.74) is 6.22. The van der Waals surface area contributed by atoms with Gasteiger partial charge in [0.05, 0.1) is 18.0 Å². The number of hydrogen-bond acceptors (Lipinski definition) is 3. The molecule has 5 heteroatoms. The lowest BCUT2D eigenvalue weighted by Crippen LogP contribution is -2.46. The Morgan fingerprint density at radius 1 is 0.973 bits per heavy atom. The van der Waals surface area contributed by atoms with Crippen LogP contribution < -0.4 is 5.32 Å². The normalized spacial score (nSPS) is 22.4. The number of nitrogens with one attached hydrogen (secondary N) is 1. The second-order valence-corrected chi connectivity index (χ2v) is 10.2. The van der Waals surface area contributed by atoms with Crippen molar-refractivity contribution in [1.29, 1.82) is 0 Å². The highest BCUT2D eigenvalue weighted by Crippen LogP contribution is 2.52. The first kappa shape index (κ1) is 23.0. The fourth-order valence-corrected chi connectivity index (χ4v) is 6.19. The second-order valence-electron chi connectivity index (χ2n) is 10.2. The smallest absolute Gasteiger partial charge is 0.226 e. The predicted molar refractivity (Wildman–Crippen MR) is 147 cm³/mol. The van der Waals surface area contributed by atoms with Gasteiger partial charge in [-0.15, -0.1) is 5.10 Å². The number of aromatic nitrogens is 2. The molecule has 2 aliphatic rings. The van der Waals surface area contributed by atoms with E-state index in [1.54, 1.807) is 0 Å². The van der Waals surface area contributed by atoms with Crippen LogP contribution in [0.5, 0.6) is 0 Å². The van der Waals surface area contributed by atoms with Crippen molar-refractivity contribution in [2.75, 3.05) is 5.32 Å². The van der Waals surface area contributed by atoms with E-state index in [1.807, 2.05) is 66.2 Å². The van der Waals surface area contributed by atoms with Crippen LogP contribution in [0.25, 0.3) is 21.7 Å². The minimum atomic E-state index is -0.484. The highest BCUT2D eigenvalue weighted by atomic mass is 16.1. The van der Waals surface area contributed by atoms with Crippen molar-refractivity contribution in [3.05, 3.63) is 119 Å². The van der Waals surface area contributed by atoms with Gasteiger partial charge in [0, 0.05) is 22.6 Å². The average Bonchev–Trinajstić information content (AvgIpc) is 3.31. The average molecular weight is 485 g/mol. The van der Waals surface area contributed by atoms with Crippen molar-refractivity contribution in [3.63, 3.8) is 0 Å². The fraction of sp³-hybridized carbons (Fsp3) is 0.219. The van der Waals surface area contributed by atoms with Crippen LogP contribution in [0.15, 0.2) is 96.7 Å². The Kier molecular flexibility index (Phi) is 5.53. The maximum Gasteiger partial charge on any atom is 0.226 e. The van der Waals surface area contributed by atoms with Gasteiger partial charge in [-0.2, -0.15) is 0 Å². The number of rotatable bonds is 4. The van der Waals surface area contributed by atoms with E-state index >= 15 is 0 Å². The summed E-state index contributed by atoms with van der Waals surface area (Å²) >= 11 is 0. The molecule has 4 aromatic rings. The molecule has 1 heterocycles. The van der Waals surface area contributed by atoms with Crippen molar-refractivity contribution in [3.8, 4) is 16.8 Å². The molecule has 0 saturated carbocycles. The van der Waals surface area contributed by atoms with Gasteiger partial charge in [0.2, 0.25) is 5.70 Å². The van der Waals surface area contributed by atoms with Gasteiger partial charge >= 0.3 is 0 Å². The Balaban J connectivity index is 1.52. The van der Waals surface area contributed by atoms with E-state index in [9.17, 15) is 4.79 Å². The van der Waals surface area contributed by atoms with Gasteiger partial charge in [0.25, 0.3) is 0 Å². The number of fused-ring (bicyclic) bond motifs is 3. The van der Waals surface area contributed by atoms with Crippen LogP contribution in [0.2, 0.25) is 0 Å². The maximum absolute atomic E-state index is 12.9. The zero-order chi connectivity index (χ0) is 25.6. The molecule has 1 aromatic heterocycles. The van der Waals surface area contributed by atoms with E-state index in [-0.39, 0.29) is 23.3 Å². The van der Waals surface area contributed by atoms with Crippen LogP contribution in [-0.2, 0) is 16.6 Å². The lowest BCUT2D eigenvalue weighted by atomic mass is 9.58. The Morgan fingerprint density at radius 2 is 1.62 bits per heavy atom. The van der Waals surface area contributed by atoms with Gasteiger partial charge in [0.1, 0.15) is 0 Å². The van der Waals surface area contributed by atoms with Crippen molar-refractivity contribution in [1.82, 2.24) is 9.78 Å². The highest BCUT2D eigenvalue weighted by molar-refractivity contribution is 6.00. The third kappa shape index (κ3) is 3.77. The molecule has 0 spiro atoms. The van der Waals surface area contributed by atoms with Gasteiger partial charge in [-0.1, -0.05) is 80.6 Å². The molecule has 37 heavy (non-hydrogen) atoms. The Hall–Kier alpha value is -4.43. The maximum atomic E-state index is 12.9. The number of benzene rings is 3. The molecule has 0 unspecified atom stereocenters. The van der Waals surface area contributed by atoms with E-state index in [4.69, 9.17) is 11.7 Å². The largest absolute Gasteiger partial charge is 0.339 e. The first-order valence-corrected chi connectivity index (χ1v) is 12.7. The zero-order valence-electron chi connectivity index (χ0n) is 21.0. The first-order chi connectivity index (χ1) is 18.0. The predicted octanol–water partition coefficient (Wildman–Crippen LogP) is 7.12. The first-order valence-electron chi connectivity index (χ1n) is 12.7. The highest BCUT2D eigenvalue weighted by Gasteiger charge is 2.50. The number of hydrogen-bond donors (Lipinski definition) is 1. The monoisotopic (exact) mass is 484 g/mol. The molecule has 3 aromatic carbocycles. The Morgan fingerprint density at radius 3 is 2.30 bits per heavy atom. The van der Waals surface area contributed by atoms with E-state index in [1.165, 1.54) is 5.56 Å². The Labute approximate surface area is 217 Å². The van der Waals surface area contributed by atoms with Gasteiger partial charge in [-0.3, -0.25) is 0 Å². The summed E-state index contributed by atoms with van der Waals surface area (Å²) in [6.07, 6.45) is 3.61. The summed E-state index contributed by atoms with van der Waals surface area (Å²) in [5, 5.41) is 8.64. The van der Waals surface area contributed by atoms with Crippen LogP contribution in [0.1, 0.15) is 31.5 Å². The van der Waals surface area contributed by atoms with Crippen molar-refractivity contribution >= 4 is 17.3 Å². The number of anilines is 2. The molecule has 0 fully saturated rings. The molecule has 1 N–H and O–H groups in total. The summed E-state index contributed by atoms with van der Waals surface area (Å²) < 4.78 is 2.03. The molecule has 0 bridgehead atoms. The SMILES string of the molecule is [C-]#[N+]C1=C[C@@]2(C)c3c(c(Nc4ccccc4)nn3-c3ccc(-c4ccccc4)cc3)CC[C@@H]2[C@@H](C)C1=O. The number of allylic oxidation sites excluding steroid dienone is 2. The van der Waals surface area contributed by atoms with Gasteiger partial charge in [-0.05, 0) is 54.2 Å². The number of carbonyl (C=O) groups is 1. The number of Topliss-reactive ketones (excluding diaryl/α,β-unsaturated/α-hetero) is 1. The van der Waals surface area contributed by atoms with Crippen LogP contribution >= 0.6 is 0 Å². The van der Waals surface area contributed by atoms with E-state index in [0.717, 1.165) is 46.9 Å². The minimum absolute atomic E-state index is 0.0400. The van der Waals surface area contributed by atoms with Crippen molar-refractivity contribution in [2.24, 2.45) is 11.8 Å². The number of ketones is 1. The molecule has 5 nitrogen and oxygen atoms in total. The van der Waals surface area contributed by atoms with Crippen LogP contribution in [0.3, 0.4) is 0 Å². The fourth-order valence-electron chi connectivity index (χ4n) is 6.19. The third-order valence-corrected chi connectivity index (χ3v) is 8.05. The molecule has 6 rings (SSSR count). The molecule has 0 radical (unpaired) electrons.